The number of urea groups is 1. The van der Waals surface area contributed by atoms with E-state index < -0.39 is 34.9 Å². The summed E-state index contributed by atoms with van der Waals surface area (Å²) in [6, 6.07) is 16.2. The summed E-state index contributed by atoms with van der Waals surface area (Å²) in [5.41, 5.74) is -2.52. The molecule has 1 aromatic heterocycles. The Morgan fingerprint density at radius 3 is 2.33 bits per heavy atom. The van der Waals surface area contributed by atoms with E-state index in [2.05, 4.69) is 15.6 Å². The van der Waals surface area contributed by atoms with Crippen LogP contribution in [-0.2, 0) is 18.1 Å². The molecular formula is C28H21F5IN3O2. The molecule has 0 aliphatic heterocycles. The van der Waals surface area contributed by atoms with Crippen LogP contribution in [0.3, 0.4) is 0 Å². The van der Waals surface area contributed by atoms with Gasteiger partial charge in [0.2, 0.25) is 0 Å². The van der Waals surface area contributed by atoms with Crippen LogP contribution in [0, 0.1) is 15.2 Å². The van der Waals surface area contributed by atoms with E-state index in [1.807, 2.05) is 22.6 Å². The van der Waals surface area contributed by atoms with E-state index in [1.54, 1.807) is 30.3 Å². The van der Waals surface area contributed by atoms with Crippen molar-refractivity contribution in [2.75, 3.05) is 12.4 Å². The van der Waals surface area contributed by atoms with Crippen LogP contribution in [-0.4, -0.2) is 18.1 Å². The van der Waals surface area contributed by atoms with Crippen molar-refractivity contribution < 1.29 is 31.5 Å². The molecule has 0 aliphatic rings. The molecule has 0 spiro atoms. The molecule has 11 heteroatoms. The van der Waals surface area contributed by atoms with E-state index in [-0.39, 0.29) is 23.4 Å². The van der Waals surface area contributed by atoms with Gasteiger partial charge in [-0.05, 0) is 88.3 Å². The number of ether oxygens (including phenoxy) is 1. The van der Waals surface area contributed by atoms with Crippen LogP contribution in [0.25, 0.3) is 0 Å². The molecule has 4 rings (SSSR count). The van der Waals surface area contributed by atoms with Gasteiger partial charge in [-0.15, -0.1) is 0 Å². The van der Waals surface area contributed by atoms with Crippen molar-refractivity contribution in [2.24, 2.45) is 0 Å². The van der Waals surface area contributed by atoms with Crippen LogP contribution in [0.15, 0.2) is 85.1 Å². The number of pyridine rings is 1. The Labute approximate surface area is 234 Å². The van der Waals surface area contributed by atoms with Crippen molar-refractivity contribution in [3.05, 3.63) is 123 Å². The van der Waals surface area contributed by atoms with Crippen LogP contribution in [0.4, 0.5) is 32.4 Å². The van der Waals surface area contributed by atoms with Gasteiger partial charge in [0.05, 0.1) is 18.4 Å². The molecule has 0 bridgehead atoms. The molecule has 2 N–H and O–H groups in total. The van der Waals surface area contributed by atoms with E-state index in [1.165, 1.54) is 37.6 Å². The molecule has 0 saturated heterocycles. The Morgan fingerprint density at radius 2 is 1.67 bits per heavy atom. The summed E-state index contributed by atoms with van der Waals surface area (Å²) in [7, 11) is 1.43. The summed E-state index contributed by atoms with van der Waals surface area (Å²) in [5, 5.41) is 5.23. The second-order valence-corrected chi connectivity index (χ2v) is 9.82. The molecule has 3 aromatic carbocycles. The number of anilines is 1. The van der Waals surface area contributed by atoms with E-state index in [4.69, 9.17) is 4.74 Å². The molecule has 0 saturated carbocycles. The number of alkyl halides is 3. The van der Waals surface area contributed by atoms with Gasteiger partial charge in [0, 0.05) is 21.9 Å². The number of hydrogen-bond acceptors (Lipinski definition) is 3. The highest BCUT2D eigenvalue weighted by Crippen LogP contribution is 2.39. The van der Waals surface area contributed by atoms with Gasteiger partial charge in [-0.1, -0.05) is 24.3 Å². The summed E-state index contributed by atoms with van der Waals surface area (Å²) < 4.78 is 76.1. The van der Waals surface area contributed by atoms with Gasteiger partial charge in [-0.25, -0.2) is 13.6 Å². The molecule has 5 nitrogen and oxygen atoms in total. The lowest BCUT2D eigenvalue weighted by Crippen LogP contribution is -2.51. The summed E-state index contributed by atoms with van der Waals surface area (Å²) >= 11 is 2.01. The first-order valence-corrected chi connectivity index (χ1v) is 12.5. The molecule has 1 heterocycles. The van der Waals surface area contributed by atoms with Gasteiger partial charge in [-0.3, -0.25) is 4.98 Å². The van der Waals surface area contributed by atoms with Crippen molar-refractivity contribution in [1.82, 2.24) is 10.3 Å². The van der Waals surface area contributed by atoms with E-state index in [0.29, 0.717) is 17.4 Å². The number of nitrogens with zero attached hydrogens (tertiary/aromatic N) is 1. The highest BCUT2D eigenvalue weighted by molar-refractivity contribution is 14.1. The highest BCUT2D eigenvalue weighted by Gasteiger charge is 2.41. The number of benzene rings is 3. The third kappa shape index (κ3) is 6.64. The molecule has 4 aromatic rings. The second-order valence-electron chi connectivity index (χ2n) is 8.57. The molecule has 0 fully saturated rings. The quantitative estimate of drug-likeness (QED) is 0.163. The molecule has 0 radical (unpaired) electrons. The first kappa shape index (κ1) is 28.3. The highest BCUT2D eigenvalue weighted by atomic mass is 127. The molecule has 202 valence electrons. The zero-order chi connectivity index (χ0) is 28.2. The Balaban J connectivity index is 1.95. The minimum atomic E-state index is -4.86. The fourth-order valence-electron chi connectivity index (χ4n) is 4.21. The maximum absolute atomic E-state index is 14.8. The van der Waals surface area contributed by atoms with E-state index >= 15 is 0 Å². The van der Waals surface area contributed by atoms with Gasteiger partial charge in [0.25, 0.3) is 0 Å². The van der Waals surface area contributed by atoms with Crippen molar-refractivity contribution in [2.45, 2.75) is 18.1 Å². The zero-order valence-electron chi connectivity index (χ0n) is 20.3. The standard InChI is InChI=1S/C28H21F5IN3O2/c1-39-24-8-3-2-5-17(24)15-27(25-10-9-22(34)16-35-25,18-11-19(28(31,32)33)13-21(30)12-18)37-26(38)36-23-7-4-6-20(29)14-23/h2-14,16H,15H2,1H3,(H2,36,37,38)/t27-/m0/s1. The van der Waals surface area contributed by atoms with Crippen LogP contribution in [0.1, 0.15) is 22.4 Å². The van der Waals surface area contributed by atoms with Crippen LogP contribution < -0.4 is 15.4 Å². The third-order valence-corrected chi connectivity index (χ3v) is 6.58. The number of rotatable bonds is 7. The lowest BCUT2D eigenvalue weighted by molar-refractivity contribution is -0.137. The Bertz CT molecular complexity index is 1480. The van der Waals surface area contributed by atoms with Crippen molar-refractivity contribution in [3.8, 4) is 5.75 Å². The van der Waals surface area contributed by atoms with Crippen molar-refractivity contribution >= 4 is 34.3 Å². The molecule has 1 atom stereocenters. The Kier molecular flexibility index (Phi) is 8.38. The maximum atomic E-state index is 14.8. The van der Waals surface area contributed by atoms with Gasteiger partial charge in [-0.2, -0.15) is 13.2 Å². The van der Waals surface area contributed by atoms with Crippen LogP contribution in [0.5, 0.6) is 5.75 Å². The second kappa shape index (κ2) is 11.6. The lowest BCUT2D eigenvalue weighted by Gasteiger charge is -2.36. The summed E-state index contributed by atoms with van der Waals surface area (Å²) in [6.07, 6.45) is -3.55. The molecule has 0 aliphatic carbocycles. The van der Waals surface area contributed by atoms with Crippen molar-refractivity contribution in [3.63, 3.8) is 0 Å². The summed E-state index contributed by atoms with van der Waals surface area (Å²) in [5.74, 6) is -1.36. The average molecular weight is 653 g/mol. The number of nitrogens with one attached hydrogen (secondary N) is 2. The number of aromatic nitrogens is 1. The molecule has 0 unspecified atom stereocenters. The van der Waals surface area contributed by atoms with Gasteiger partial charge in [0.15, 0.2) is 0 Å². The first-order chi connectivity index (χ1) is 18.5. The van der Waals surface area contributed by atoms with Gasteiger partial charge >= 0.3 is 12.2 Å². The van der Waals surface area contributed by atoms with Crippen LogP contribution in [0.2, 0.25) is 0 Å². The van der Waals surface area contributed by atoms with Gasteiger partial charge in [0.1, 0.15) is 22.9 Å². The molecule has 39 heavy (non-hydrogen) atoms. The lowest BCUT2D eigenvalue weighted by atomic mass is 9.79. The number of para-hydroxylation sites is 1. The minimum absolute atomic E-state index is 0.101. The summed E-state index contributed by atoms with van der Waals surface area (Å²) in [6.45, 7) is 0. The topological polar surface area (TPSA) is 63.2 Å². The predicted molar refractivity (Wildman–Crippen MR) is 144 cm³/mol. The fourth-order valence-corrected chi connectivity index (χ4v) is 4.53. The number of amides is 2. The smallest absolute Gasteiger partial charge is 0.416 e. The Morgan fingerprint density at radius 1 is 0.923 bits per heavy atom. The van der Waals surface area contributed by atoms with E-state index in [9.17, 15) is 26.7 Å². The van der Waals surface area contributed by atoms with Crippen LogP contribution >= 0.6 is 22.6 Å². The normalized spacial score (nSPS) is 12.9. The first-order valence-electron chi connectivity index (χ1n) is 11.5. The molecular weight excluding hydrogens is 632 g/mol. The zero-order valence-corrected chi connectivity index (χ0v) is 22.5. The largest absolute Gasteiger partial charge is 0.496 e. The average Bonchev–Trinajstić information content (AvgIpc) is 2.88. The fraction of sp³-hybridized carbons (Fsp3) is 0.143. The SMILES string of the molecule is COc1ccccc1C[C@](NC(=O)Nc1cccc(F)c1)(c1cc(F)cc(C(F)(F)F)c1)c1ccc(I)cn1. The third-order valence-electron chi connectivity index (χ3n) is 5.94. The predicted octanol–water partition coefficient (Wildman–Crippen LogP) is 7.30. The van der Waals surface area contributed by atoms with Gasteiger partial charge < -0.3 is 15.4 Å². The van der Waals surface area contributed by atoms with E-state index in [0.717, 1.165) is 21.8 Å². The number of hydrogen-bond donors (Lipinski definition) is 2. The number of carbonyl (C=O) groups is 1. The maximum Gasteiger partial charge on any atom is 0.416 e. The minimum Gasteiger partial charge on any atom is -0.496 e. The van der Waals surface area contributed by atoms with Crippen molar-refractivity contribution in [1.29, 1.82) is 0 Å². The number of methoxy groups -OCH3 is 1. The Hall–Kier alpha value is -3.74. The number of carbonyl (C=O) groups excluding carboxylic acids is 1. The molecule has 2 amide bonds. The number of halogens is 6. The summed E-state index contributed by atoms with van der Waals surface area (Å²) in [4.78, 5) is 17.8. The monoisotopic (exact) mass is 653 g/mol.